The second-order valence-electron chi connectivity index (χ2n) is 8.53. The van der Waals surface area contributed by atoms with Gasteiger partial charge in [0.1, 0.15) is 11.4 Å². The standard InChI is InChI=1S/C22H30FNO3/c23-20-9-5-4-8-19(20)14-26-11-10-17-12-22(27-13-17)15-24(16-22)21(25)18-6-2-1-3-7-18/h4-5,8-9,17-18H,1-3,6-7,10-16H2. The summed E-state index contributed by atoms with van der Waals surface area (Å²) < 4.78 is 25.3. The van der Waals surface area contributed by atoms with E-state index in [2.05, 4.69) is 0 Å². The van der Waals surface area contributed by atoms with Crippen LogP contribution in [-0.2, 0) is 20.9 Å². The third-order valence-corrected chi connectivity index (χ3v) is 6.40. The third-order valence-electron chi connectivity index (χ3n) is 6.40. The van der Waals surface area contributed by atoms with Gasteiger partial charge in [0, 0.05) is 18.1 Å². The highest BCUT2D eigenvalue weighted by atomic mass is 19.1. The summed E-state index contributed by atoms with van der Waals surface area (Å²) in [4.78, 5) is 14.6. The first-order chi connectivity index (χ1) is 13.2. The number of carbonyl (C=O) groups is 1. The van der Waals surface area contributed by atoms with Gasteiger partial charge in [-0.25, -0.2) is 4.39 Å². The molecular weight excluding hydrogens is 345 g/mol. The molecule has 0 radical (unpaired) electrons. The number of hydrogen-bond acceptors (Lipinski definition) is 3. The lowest BCUT2D eigenvalue weighted by atomic mass is 9.83. The molecular formula is C22H30FNO3. The summed E-state index contributed by atoms with van der Waals surface area (Å²) in [5.74, 6) is 0.857. The first kappa shape index (κ1) is 18.9. The summed E-state index contributed by atoms with van der Waals surface area (Å²) in [6, 6.07) is 6.74. The van der Waals surface area contributed by atoms with Crippen LogP contribution in [0, 0.1) is 17.7 Å². The smallest absolute Gasteiger partial charge is 0.225 e. The van der Waals surface area contributed by atoms with E-state index < -0.39 is 0 Å². The fourth-order valence-electron chi connectivity index (χ4n) is 4.80. The molecule has 0 N–H and O–H groups in total. The van der Waals surface area contributed by atoms with Gasteiger partial charge < -0.3 is 14.4 Å². The quantitative estimate of drug-likeness (QED) is 0.707. The predicted octanol–water partition coefficient (Wildman–Crippen LogP) is 3.93. The Kier molecular flexibility index (Phi) is 5.79. The van der Waals surface area contributed by atoms with Crippen molar-refractivity contribution in [2.75, 3.05) is 26.3 Å². The van der Waals surface area contributed by atoms with Gasteiger partial charge in [-0.15, -0.1) is 0 Å². The molecule has 1 amide bonds. The monoisotopic (exact) mass is 375 g/mol. The number of likely N-dealkylation sites (tertiary alicyclic amines) is 1. The summed E-state index contributed by atoms with van der Waals surface area (Å²) >= 11 is 0. The predicted molar refractivity (Wildman–Crippen MR) is 101 cm³/mol. The van der Waals surface area contributed by atoms with Crippen LogP contribution in [0.15, 0.2) is 24.3 Å². The summed E-state index contributed by atoms with van der Waals surface area (Å²) in [6.45, 7) is 3.19. The summed E-state index contributed by atoms with van der Waals surface area (Å²) in [6.07, 6.45) is 7.72. The highest BCUT2D eigenvalue weighted by Gasteiger charge is 2.51. The van der Waals surface area contributed by atoms with Crippen LogP contribution in [0.5, 0.6) is 0 Å². The molecule has 4 rings (SSSR count). The topological polar surface area (TPSA) is 38.8 Å². The molecule has 0 bridgehead atoms. The summed E-state index contributed by atoms with van der Waals surface area (Å²) in [7, 11) is 0. The maximum Gasteiger partial charge on any atom is 0.225 e. The van der Waals surface area contributed by atoms with Crippen LogP contribution in [0.2, 0.25) is 0 Å². The first-order valence-corrected chi connectivity index (χ1v) is 10.4. The molecule has 3 aliphatic rings. The number of carbonyl (C=O) groups excluding carboxylic acids is 1. The van der Waals surface area contributed by atoms with Crippen LogP contribution in [0.4, 0.5) is 4.39 Å². The maximum atomic E-state index is 13.6. The molecule has 1 atom stereocenters. The van der Waals surface area contributed by atoms with E-state index in [1.807, 2.05) is 11.0 Å². The third kappa shape index (κ3) is 4.35. The minimum absolute atomic E-state index is 0.111. The van der Waals surface area contributed by atoms with Gasteiger partial charge in [-0.05, 0) is 37.7 Å². The molecule has 27 heavy (non-hydrogen) atoms. The molecule has 1 aromatic carbocycles. The molecule has 0 aromatic heterocycles. The Morgan fingerprint density at radius 3 is 2.78 bits per heavy atom. The van der Waals surface area contributed by atoms with Crippen molar-refractivity contribution in [2.45, 2.75) is 57.2 Å². The van der Waals surface area contributed by atoms with Gasteiger partial charge in [-0.1, -0.05) is 37.5 Å². The lowest BCUT2D eigenvalue weighted by Crippen LogP contribution is -2.64. The normalized spacial score (nSPS) is 24.9. The van der Waals surface area contributed by atoms with E-state index in [0.29, 0.717) is 30.6 Å². The lowest BCUT2D eigenvalue weighted by Gasteiger charge is -2.48. The van der Waals surface area contributed by atoms with Crippen molar-refractivity contribution in [1.82, 2.24) is 4.90 Å². The zero-order valence-electron chi connectivity index (χ0n) is 16.0. The van der Waals surface area contributed by atoms with Gasteiger partial charge >= 0.3 is 0 Å². The molecule has 4 nitrogen and oxygen atoms in total. The number of ether oxygens (including phenoxy) is 2. The van der Waals surface area contributed by atoms with Crippen LogP contribution in [0.25, 0.3) is 0 Å². The molecule has 3 fully saturated rings. The van der Waals surface area contributed by atoms with Crippen LogP contribution in [-0.4, -0.2) is 42.7 Å². The van der Waals surface area contributed by atoms with Crippen LogP contribution < -0.4 is 0 Å². The van der Waals surface area contributed by atoms with E-state index in [0.717, 1.165) is 45.4 Å². The summed E-state index contributed by atoms with van der Waals surface area (Å²) in [5, 5.41) is 0. The number of halogens is 1. The van der Waals surface area contributed by atoms with Crippen molar-refractivity contribution in [2.24, 2.45) is 11.8 Å². The highest BCUT2D eigenvalue weighted by Crippen LogP contribution is 2.40. The van der Waals surface area contributed by atoms with Gasteiger partial charge in [-0.3, -0.25) is 4.79 Å². The van der Waals surface area contributed by atoms with Gasteiger partial charge in [0.05, 0.1) is 26.3 Å². The fraction of sp³-hybridized carbons (Fsp3) is 0.682. The minimum Gasteiger partial charge on any atom is -0.377 e. The zero-order chi connectivity index (χ0) is 18.7. The van der Waals surface area contributed by atoms with E-state index in [1.165, 1.54) is 25.3 Å². The lowest BCUT2D eigenvalue weighted by molar-refractivity contribution is -0.162. The molecule has 2 aliphatic heterocycles. The first-order valence-electron chi connectivity index (χ1n) is 10.4. The molecule has 1 spiro atoms. The molecule has 1 aromatic rings. The van der Waals surface area contributed by atoms with Crippen LogP contribution in [0.1, 0.15) is 50.5 Å². The highest BCUT2D eigenvalue weighted by molar-refractivity contribution is 5.80. The molecule has 2 heterocycles. The van der Waals surface area contributed by atoms with Crippen LogP contribution in [0.3, 0.4) is 0 Å². The largest absolute Gasteiger partial charge is 0.377 e. The van der Waals surface area contributed by atoms with Crippen LogP contribution >= 0.6 is 0 Å². The van der Waals surface area contributed by atoms with Crippen molar-refractivity contribution in [3.05, 3.63) is 35.6 Å². The van der Waals surface area contributed by atoms with Crippen molar-refractivity contribution in [3.63, 3.8) is 0 Å². The van der Waals surface area contributed by atoms with Crippen molar-refractivity contribution < 1.29 is 18.7 Å². The number of rotatable bonds is 6. The van der Waals surface area contributed by atoms with E-state index in [4.69, 9.17) is 9.47 Å². The van der Waals surface area contributed by atoms with Gasteiger partial charge in [0.25, 0.3) is 0 Å². The second-order valence-corrected chi connectivity index (χ2v) is 8.53. The van der Waals surface area contributed by atoms with E-state index >= 15 is 0 Å². The Bertz CT molecular complexity index is 653. The maximum absolute atomic E-state index is 13.6. The zero-order valence-corrected chi connectivity index (χ0v) is 16.0. The van der Waals surface area contributed by atoms with Crippen molar-refractivity contribution >= 4 is 5.91 Å². The van der Waals surface area contributed by atoms with E-state index in [-0.39, 0.29) is 17.3 Å². The van der Waals surface area contributed by atoms with Gasteiger partial charge in [0.15, 0.2) is 0 Å². The average Bonchev–Trinajstić information content (AvgIpc) is 3.10. The number of hydrogen-bond donors (Lipinski definition) is 0. The number of benzene rings is 1. The second kappa shape index (κ2) is 8.27. The molecule has 1 unspecified atom stereocenters. The SMILES string of the molecule is O=C(C1CCCCC1)N1CC2(CC(CCOCc3ccccc3F)CO2)C1. The van der Waals surface area contributed by atoms with Crippen molar-refractivity contribution in [1.29, 1.82) is 0 Å². The van der Waals surface area contributed by atoms with Crippen molar-refractivity contribution in [3.8, 4) is 0 Å². The number of amides is 1. The van der Waals surface area contributed by atoms with E-state index in [1.54, 1.807) is 12.1 Å². The fourth-order valence-corrected chi connectivity index (χ4v) is 4.80. The van der Waals surface area contributed by atoms with Gasteiger partial charge in [-0.2, -0.15) is 0 Å². The Labute approximate surface area is 161 Å². The Hall–Kier alpha value is -1.46. The Morgan fingerprint density at radius 1 is 1.22 bits per heavy atom. The molecule has 1 saturated carbocycles. The van der Waals surface area contributed by atoms with E-state index in [9.17, 15) is 9.18 Å². The minimum atomic E-state index is -0.210. The average molecular weight is 375 g/mol. The molecule has 2 saturated heterocycles. The molecule has 5 heteroatoms. The Morgan fingerprint density at radius 2 is 2.00 bits per heavy atom. The summed E-state index contributed by atoms with van der Waals surface area (Å²) in [5.41, 5.74) is 0.494. The molecule has 148 valence electrons. The Balaban J connectivity index is 1.16. The molecule has 1 aliphatic carbocycles. The number of nitrogens with zero attached hydrogens (tertiary/aromatic N) is 1. The van der Waals surface area contributed by atoms with Gasteiger partial charge in [0.2, 0.25) is 5.91 Å².